The van der Waals surface area contributed by atoms with E-state index in [4.69, 9.17) is 4.74 Å². The zero-order valence-electron chi connectivity index (χ0n) is 11.2. The van der Waals surface area contributed by atoms with Crippen LogP contribution in [0.25, 0.3) is 0 Å². The highest BCUT2D eigenvalue weighted by Crippen LogP contribution is 2.16. The summed E-state index contributed by atoms with van der Waals surface area (Å²) in [4.78, 5) is 11.4. The number of benzene rings is 1. The van der Waals surface area contributed by atoms with Crippen molar-refractivity contribution in [3.8, 4) is 0 Å². The van der Waals surface area contributed by atoms with Gasteiger partial charge in [-0.15, -0.1) is 0 Å². The van der Waals surface area contributed by atoms with Crippen LogP contribution in [0.5, 0.6) is 0 Å². The predicted octanol–water partition coefficient (Wildman–Crippen LogP) is 1.44. The first-order valence-electron chi connectivity index (χ1n) is 6.64. The molecule has 3 N–H and O–H groups in total. The number of amides is 1. The second-order valence-electron chi connectivity index (χ2n) is 4.74. The summed E-state index contributed by atoms with van der Waals surface area (Å²) in [5.74, 6) is -0.142. The molecule has 0 spiro atoms. The molecule has 1 saturated heterocycles. The quantitative estimate of drug-likeness (QED) is 0.726. The molecule has 1 fully saturated rings. The Labute approximate surface area is 113 Å². The summed E-state index contributed by atoms with van der Waals surface area (Å²) in [6.45, 7) is 2.10. The third kappa shape index (κ3) is 4.54. The van der Waals surface area contributed by atoms with Crippen molar-refractivity contribution in [3.05, 3.63) is 24.3 Å². The van der Waals surface area contributed by atoms with E-state index in [1.54, 1.807) is 0 Å². The summed E-state index contributed by atoms with van der Waals surface area (Å²) in [6.07, 6.45) is 2.47. The van der Waals surface area contributed by atoms with Crippen LogP contribution in [0.1, 0.15) is 12.8 Å². The van der Waals surface area contributed by atoms with Gasteiger partial charge < -0.3 is 20.7 Å². The lowest BCUT2D eigenvalue weighted by Gasteiger charge is -2.13. The molecule has 0 saturated carbocycles. The fourth-order valence-electron chi connectivity index (χ4n) is 2.21. The lowest BCUT2D eigenvalue weighted by molar-refractivity contribution is -0.119. The Morgan fingerprint density at radius 3 is 3.05 bits per heavy atom. The number of hydrogen-bond donors (Lipinski definition) is 3. The third-order valence-electron chi connectivity index (χ3n) is 3.14. The van der Waals surface area contributed by atoms with E-state index in [0.717, 1.165) is 24.5 Å². The lowest BCUT2D eigenvalue weighted by atomic mass is 10.2. The molecule has 5 heteroatoms. The average molecular weight is 263 g/mol. The number of rotatable bonds is 6. The van der Waals surface area contributed by atoms with Crippen molar-refractivity contribution >= 4 is 17.3 Å². The van der Waals surface area contributed by atoms with Gasteiger partial charge in [-0.3, -0.25) is 4.79 Å². The first-order valence-corrected chi connectivity index (χ1v) is 6.64. The van der Waals surface area contributed by atoms with Gasteiger partial charge in [0.25, 0.3) is 0 Å². The molecule has 0 radical (unpaired) electrons. The molecule has 1 atom stereocenters. The monoisotopic (exact) mass is 263 g/mol. The van der Waals surface area contributed by atoms with E-state index in [0.29, 0.717) is 6.04 Å². The predicted molar refractivity (Wildman–Crippen MR) is 76.5 cm³/mol. The number of hydrogen-bond acceptors (Lipinski definition) is 4. The van der Waals surface area contributed by atoms with Gasteiger partial charge in [-0.25, -0.2) is 0 Å². The molecule has 5 nitrogen and oxygen atoms in total. The molecule has 1 unspecified atom stereocenters. The summed E-state index contributed by atoms with van der Waals surface area (Å²) in [7, 11) is 1.51. The highest BCUT2D eigenvalue weighted by atomic mass is 16.5. The molecular weight excluding hydrogens is 242 g/mol. The Balaban J connectivity index is 1.85. The van der Waals surface area contributed by atoms with Crippen LogP contribution in [0.3, 0.4) is 0 Å². The topological polar surface area (TPSA) is 62.4 Å². The van der Waals surface area contributed by atoms with Crippen molar-refractivity contribution in [3.63, 3.8) is 0 Å². The van der Waals surface area contributed by atoms with Crippen molar-refractivity contribution < 1.29 is 9.53 Å². The minimum absolute atomic E-state index is 0.0731. The van der Waals surface area contributed by atoms with Crippen LogP contribution in [0.2, 0.25) is 0 Å². The number of anilines is 2. The van der Waals surface area contributed by atoms with Gasteiger partial charge in [0.1, 0.15) is 6.61 Å². The van der Waals surface area contributed by atoms with Gasteiger partial charge in [-0.1, -0.05) is 6.07 Å². The van der Waals surface area contributed by atoms with Crippen LogP contribution in [0.4, 0.5) is 11.4 Å². The number of nitrogens with one attached hydrogen (secondary N) is 3. The van der Waals surface area contributed by atoms with Gasteiger partial charge in [0.2, 0.25) is 5.91 Å². The fourth-order valence-corrected chi connectivity index (χ4v) is 2.21. The SMILES string of the molecule is COCC(=O)Nc1cccc(NCC2CCCN2)c1. The summed E-state index contributed by atoms with van der Waals surface area (Å²) in [6, 6.07) is 8.27. The second-order valence-corrected chi connectivity index (χ2v) is 4.74. The summed E-state index contributed by atoms with van der Waals surface area (Å²) < 4.78 is 4.79. The van der Waals surface area contributed by atoms with Crippen LogP contribution < -0.4 is 16.0 Å². The van der Waals surface area contributed by atoms with Crippen molar-refractivity contribution in [1.82, 2.24) is 5.32 Å². The van der Waals surface area contributed by atoms with Gasteiger partial charge in [0, 0.05) is 31.1 Å². The minimum Gasteiger partial charge on any atom is -0.383 e. The van der Waals surface area contributed by atoms with Crippen molar-refractivity contribution in [2.24, 2.45) is 0 Å². The second kappa shape index (κ2) is 7.11. The average Bonchev–Trinajstić information content (AvgIpc) is 2.90. The fraction of sp³-hybridized carbons (Fsp3) is 0.500. The zero-order valence-corrected chi connectivity index (χ0v) is 11.2. The van der Waals surface area contributed by atoms with Crippen molar-refractivity contribution in [1.29, 1.82) is 0 Å². The zero-order chi connectivity index (χ0) is 13.5. The van der Waals surface area contributed by atoms with Crippen LogP contribution in [-0.2, 0) is 9.53 Å². The molecular formula is C14H21N3O2. The molecule has 1 aromatic carbocycles. The smallest absolute Gasteiger partial charge is 0.250 e. The van der Waals surface area contributed by atoms with Gasteiger partial charge in [-0.2, -0.15) is 0 Å². The summed E-state index contributed by atoms with van der Waals surface area (Å²) >= 11 is 0. The molecule has 0 bridgehead atoms. The number of ether oxygens (including phenoxy) is 1. The number of carbonyl (C=O) groups excluding carboxylic acids is 1. The van der Waals surface area contributed by atoms with Gasteiger partial charge in [0.05, 0.1) is 0 Å². The molecule has 19 heavy (non-hydrogen) atoms. The largest absolute Gasteiger partial charge is 0.383 e. The van der Waals surface area contributed by atoms with E-state index in [2.05, 4.69) is 16.0 Å². The molecule has 0 aromatic heterocycles. The maximum atomic E-state index is 11.4. The lowest BCUT2D eigenvalue weighted by Crippen LogP contribution is -2.29. The maximum Gasteiger partial charge on any atom is 0.250 e. The molecule has 1 heterocycles. The summed E-state index contributed by atoms with van der Waals surface area (Å²) in [5.41, 5.74) is 1.80. The Morgan fingerprint density at radius 2 is 2.32 bits per heavy atom. The molecule has 0 aliphatic carbocycles. The van der Waals surface area contributed by atoms with Crippen LogP contribution in [0, 0.1) is 0 Å². The molecule has 1 aliphatic rings. The molecule has 1 amide bonds. The number of carbonyl (C=O) groups is 1. The van der Waals surface area contributed by atoms with Crippen LogP contribution >= 0.6 is 0 Å². The van der Waals surface area contributed by atoms with Crippen LogP contribution in [-0.4, -0.2) is 38.8 Å². The van der Waals surface area contributed by atoms with Gasteiger partial charge in [-0.05, 0) is 37.6 Å². The standard InChI is InChI=1S/C14H21N3O2/c1-19-10-14(18)17-12-5-2-4-11(8-12)16-9-13-6-3-7-15-13/h2,4-5,8,13,15-16H,3,6-7,9-10H2,1H3,(H,17,18). The summed E-state index contributed by atoms with van der Waals surface area (Å²) in [5, 5.41) is 9.62. The van der Waals surface area contributed by atoms with Crippen LogP contribution in [0.15, 0.2) is 24.3 Å². The Bertz CT molecular complexity index is 417. The molecule has 1 aliphatic heterocycles. The van der Waals surface area contributed by atoms with E-state index in [9.17, 15) is 4.79 Å². The Hall–Kier alpha value is -1.59. The first-order chi connectivity index (χ1) is 9.28. The highest BCUT2D eigenvalue weighted by Gasteiger charge is 2.13. The molecule has 104 valence electrons. The number of methoxy groups -OCH3 is 1. The molecule has 2 rings (SSSR count). The Kier molecular flexibility index (Phi) is 5.18. The van der Waals surface area contributed by atoms with Gasteiger partial charge in [0.15, 0.2) is 0 Å². The van der Waals surface area contributed by atoms with E-state index >= 15 is 0 Å². The first kappa shape index (κ1) is 13.8. The van der Waals surface area contributed by atoms with E-state index in [-0.39, 0.29) is 12.5 Å². The van der Waals surface area contributed by atoms with Gasteiger partial charge >= 0.3 is 0 Å². The third-order valence-corrected chi connectivity index (χ3v) is 3.14. The van der Waals surface area contributed by atoms with Crippen molar-refractivity contribution in [2.75, 3.05) is 37.4 Å². The molecule has 1 aromatic rings. The van der Waals surface area contributed by atoms with E-state index in [1.165, 1.54) is 20.0 Å². The van der Waals surface area contributed by atoms with E-state index in [1.807, 2.05) is 24.3 Å². The Morgan fingerprint density at radius 1 is 1.47 bits per heavy atom. The normalized spacial score (nSPS) is 18.3. The highest BCUT2D eigenvalue weighted by molar-refractivity contribution is 5.92. The van der Waals surface area contributed by atoms with Crippen molar-refractivity contribution in [2.45, 2.75) is 18.9 Å². The minimum atomic E-state index is -0.142. The maximum absolute atomic E-state index is 11.4. The van der Waals surface area contributed by atoms with E-state index < -0.39 is 0 Å².